The van der Waals surface area contributed by atoms with Crippen molar-refractivity contribution >= 4 is 28.3 Å². The van der Waals surface area contributed by atoms with Crippen LogP contribution in [-0.4, -0.2) is 16.8 Å². The molecule has 2 amide bonds. The van der Waals surface area contributed by atoms with Gasteiger partial charge in [0, 0.05) is 23.1 Å². The maximum absolute atomic E-state index is 13.6. The summed E-state index contributed by atoms with van der Waals surface area (Å²) >= 11 is 1.19. The topological polar surface area (TPSA) is 71.1 Å². The summed E-state index contributed by atoms with van der Waals surface area (Å²) in [6.07, 6.45) is -0.0617. The van der Waals surface area contributed by atoms with E-state index >= 15 is 0 Å². The van der Waals surface area contributed by atoms with E-state index in [1.807, 2.05) is 6.07 Å². The van der Waals surface area contributed by atoms with E-state index in [1.165, 1.54) is 17.4 Å². The quantitative estimate of drug-likeness (QED) is 0.680. The van der Waals surface area contributed by atoms with E-state index in [2.05, 4.69) is 15.6 Å². The lowest BCUT2D eigenvalue weighted by Gasteiger charge is -2.06. The fourth-order valence-corrected chi connectivity index (χ4v) is 3.02. The molecule has 8 heteroatoms. The van der Waals surface area contributed by atoms with Gasteiger partial charge < -0.3 is 5.32 Å². The maximum Gasteiger partial charge on any atom is 0.257 e. The van der Waals surface area contributed by atoms with Crippen LogP contribution < -0.4 is 10.6 Å². The van der Waals surface area contributed by atoms with Crippen molar-refractivity contribution in [2.45, 2.75) is 13.0 Å². The first-order valence-corrected chi connectivity index (χ1v) is 8.91. The lowest BCUT2D eigenvalue weighted by atomic mass is 10.2. The Morgan fingerprint density at radius 3 is 2.41 bits per heavy atom. The monoisotopic (exact) mass is 387 g/mol. The van der Waals surface area contributed by atoms with Gasteiger partial charge in [-0.3, -0.25) is 14.9 Å². The van der Waals surface area contributed by atoms with Crippen LogP contribution in [0.25, 0.3) is 0 Å². The maximum atomic E-state index is 13.6. The highest BCUT2D eigenvalue weighted by molar-refractivity contribution is 7.14. The minimum absolute atomic E-state index is 0.0617. The standard InChI is InChI=1S/C19H15F2N3O2S/c20-15-7-4-8-16(21)14(15)10-22-17(25)9-13-11-27-19(23-13)24-18(26)12-5-2-1-3-6-12/h1-8,11H,9-10H2,(H,22,25)(H,23,24,26). The molecule has 0 unspecified atom stereocenters. The number of carbonyl (C=O) groups is 2. The van der Waals surface area contributed by atoms with Crippen LogP contribution in [0.3, 0.4) is 0 Å². The molecule has 138 valence electrons. The van der Waals surface area contributed by atoms with Crippen molar-refractivity contribution in [1.29, 1.82) is 0 Å². The van der Waals surface area contributed by atoms with Gasteiger partial charge in [-0.1, -0.05) is 24.3 Å². The Morgan fingerprint density at radius 1 is 1.00 bits per heavy atom. The molecule has 2 N–H and O–H groups in total. The summed E-state index contributed by atoms with van der Waals surface area (Å²) in [6, 6.07) is 12.2. The summed E-state index contributed by atoms with van der Waals surface area (Å²) in [5, 5.41) is 7.14. The third-order valence-corrected chi connectivity index (χ3v) is 4.48. The number of aromatic nitrogens is 1. The van der Waals surface area contributed by atoms with E-state index in [-0.39, 0.29) is 24.4 Å². The predicted molar refractivity (Wildman–Crippen MR) is 98.4 cm³/mol. The van der Waals surface area contributed by atoms with E-state index < -0.39 is 17.5 Å². The predicted octanol–water partition coefficient (Wildman–Crippen LogP) is 3.53. The first-order chi connectivity index (χ1) is 13.0. The lowest BCUT2D eigenvalue weighted by Crippen LogP contribution is -2.25. The van der Waals surface area contributed by atoms with E-state index in [4.69, 9.17) is 0 Å². The number of benzene rings is 2. The molecular weight excluding hydrogens is 372 g/mol. The fourth-order valence-electron chi connectivity index (χ4n) is 2.32. The zero-order chi connectivity index (χ0) is 19.2. The average molecular weight is 387 g/mol. The Labute approximate surface area is 158 Å². The van der Waals surface area contributed by atoms with Gasteiger partial charge in [-0.15, -0.1) is 11.3 Å². The Hall–Kier alpha value is -3.13. The summed E-state index contributed by atoms with van der Waals surface area (Å²) in [5.41, 5.74) is 0.758. The van der Waals surface area contributed by atoms with Crippen LogP contribution in [0.1, 0.15) is 21.6 Å². The number of hydrogen-bond acceptors (Lipinski definition) is 4. The minimum Gasteiger partial charge on any atom is -0.351 e. The van der Waals surface area contributed by atoms with E-state index in [9.17, 15) is 18.4 Å². The molecule has 0 aliphatic rings. The van der Waals surface area contributed by atoms with Crippen molar-refractivity contribution < 1.29 is 18.4 Å². The summed E-state index contributed by atoms with van der Waals surface area (Å²) in [4.78, 5) is 28.2. The number of hydrogen-bond donors (Lipinski definition) is 2. The SMILES string of the molecule is O=C(Cc1csc(NC(=O)c2ccccc2)n1)NCc1c(F)cccc1F. The first-order valence-electron chi connectivity index (χ1n) is 8.03. The molecule has 0 bridgehead atoms. The van der Waals surface area contributed by atoms with Crippen molar-refractivity contribution in [2.75, 3.05) is 5.32 Å². The third-order valence-electron chi connectivity index (χ3n) is 3.67. The van der Waals surface area contributed by atoms with Gasteiger partial charge in [-0.2, -0.15) is 0 Å². The molecule has 0 aliphatic carbocycles. The van der Waals surface area contributed by atoms with Gasteiger partial charge in [0.05, 0.1) is 12.1 Å². The minimum atomic E-state index is -0.713. The molecule has 27 heavy (non-hydrogen) atoms. The summed E-state index contributed by atoms with van der Waals surface area (Å²) < 4.78 is 27.1. The molecule has 2 aromatic carbocycles. The number of amides is 2. The number of thiazole rings is 1. The van der Waals surface area contributed by atoms with Gasteiger partial charge >= 0.3 is 0 Å². The van der Waals surface area contributed by atoms with Crippen molar-refractivity contribution in [3.05, 3.63) is 82.4 Å². The molecule has 1 heterocycles. The van der Waals surface area contributed by atoms with Crippen LogP contribution in [0, 0.1) is 11.6 Å². The molecule has 0 aliphatic heterocycles. The van der Waals surface area contributed by atoms with Crippen molar-refractivity contribution in [3.63, 3.8) is 0 Å². The highest BCUT2D eigenvalue weighted by atomic mass is 32.1. The van der Waals surface area contributed by atoms with E-state index in [0.717, 1.165) is 12.1 Å². The largest absolute Gasteiger partial charge is 0.351 e. The molecule has 0 fully saturated rings. The van der Waals surface area contributed by atoms with Crippen LogP contribution in [0.15, 0.2) is 53.9 Å². The van der Waals surface area contributed by atoms with Crippen molar-refractivity contribution in [2.24, 2.45) is 0 Å². The molecule has 3 aromatic rings. The zero-order valence-corrected chi connectivity index (χ0v) is 14.9. The van der Waals surface area contributed by atoms with Crippen molar-refractivity contribution in [1.82, 2.24) is 10.3 Å². The molecule has 0 saturated heterocycles. The van der Waals surface area contributed by atoms with Crippen molar-refractivity contribution in [3.8, 4) is 0 Å². The second-order valence-corrected chi connectivity index (χ2v) is 6.48. The number of nitrogens with one attached hydrogen (secondary N) is 2. The summed E-state index contributed by atoms with van der Waals surface area (Å²) in [6.45, 7) is -0.251. The fraction of sp³-hybridized carbons (Fsp3) is 0.105. The number of rotatable bonds is 6. The zero-order valence-electron chi connectivity index (χ0n) is 14.0. The number of halogens is 2. The Balaban J connectivity index is 1.54. The van der Waals surface area contributed by atoms with Crippen LogP contribution in [0.5, 0.6) is 0 Å². The van der Waals surface area contributed by atoms with Gasteiger partial charge in [-0.25, -0.2) is 13.8 Å². The van der Waals surface area contributed by atoms with Gasteiger partial charge in [0.15, 0.2) is 5.13 Å². The molecule has 0 radical (unpaired) electrons. The molecule has 0 saturated carbocycles. The second-order valence-electron chi connectivity index (χ2n) is 5.62. The van der Waals surface area contributed by atoms with Gasteiger partial charge in [0.1, 0.15) is 11.6 Å². The average Bonchev–Trinajstić information content (AvgIpc) is 3.08. The van der Waals surface area contributed by atoms with Crippen LogP contribution in [-0.2, 0) is 17.8 Å². The van der Waals surface area contributed by atoms with Gasteiger partial charge in [0.25, 0.3) is 5.91 Å². The highest BCUT2D eigenvalue weighted by Crippen LogP contribution is 2.17. The molecular formula is C19H15F2N3O2S. The second kappa shape index (κ2) is 8.50. The molecule has 3 rings (SSSR count). The Morgan fingerprint density at radius 2 is 1.70 bits per heavy atom. The molecule has 0 atom stereocenters. The number of nitrogens with zero attached hydrogens (tertiary/aromatic N) is 1. The molecule has 0 spiro atoms. The molecule has 1 aromatic heterocycles. The smallest absolute Gasteiger partial charge is 0.257 e. The Bertz CT molecular complexity index is 940. The first kappa shape index (κ1) is 18.7. The van der Waals surface area contributed by atoms with Gasteiger partial charge in [0.2, 0.25) is 5.91 Å². The normalized spacial score (nSPS) is 10.4. The van der Waals surface area contributed by atoms with Gasteiger partial charge in [-0.05, 0) is 24.3 Å². The third kappa shape index (κ3) is 4.95. The highest BCUT2D eigenvalue weighted by Gasteiger charge is 2.13. The van der Waals surface area contributed by atoms with Crippen LogP contribution in [0.2, 0.25) is 0 Å². The number of anilines is 1. The molecule has 5 nitrogen and oxygen atoms in total. The number of carbonyl (C=O) groups excluding carboxylic acids is 2. The van der Waals surface area contributed by atoms with E-state index in [0.29, 0.717) is 16.4 Å². The van der Waals surface area contributed by atoms with E-state index in [1.54, 1.807) is 29.6 Å². The Kier molecular flexibility index (Phi) is 5.87. The van der Waals surface area contributed by atoms with Crippen LogP contribution >= 0.6 is 11.3 Å². The van der Waals surface area contributed by atoms with Crippen LogP contribution in [0.4, 0.5) is 13.9 Å². The lowest BCUT2D eigenvalue weighted by molar-refractivity contribution is -0.120. The summed E-state index contributed by atoms with van der Waals surface area (Å²) in [5.74, 6) is -2.15. The summed E-state index contributed by atoms with van der Waals surface area (Å²) in [7, 11) is 0.